The van der Waals surface area contributed by atoms with Gasteiger partial charge in [-0.05, 0) is 36.3 Å². The topological polar surface area (TPSA) is 54.9 Å². The third kappa shape index (κ3) is 4.96. The number of nitrogens with zero attached hydrogens (tertiary/aromatic N) is 2. The van der Waals surface area contributed by atoms with Crippen LogP contribution in [0, 0.1) is 18.6 Å². The monoisotopic (exact) mass is 405 g/mol. The molecule has 0 aliphatic rings. The summed E-state index contributed by atoms with van der Waals surface area (Å²) in [6.07, 6.45) is 1.43. The third-order valence-electron chi connectivity index (χ3n) is 3.63. The van der Waals surface area contributed by atoms with Gasteiger partial charge in [-0.25, -0.2) is 8.78 Å². The highest BCUT2D eigenvalue weighted by atomic mass is 35.5. The Hall–Kier alpha value is -2.64. The first-order valence-corrected chi connectivity index (χ1v) is 9.11. The molecule has 3 aromatic rings. The molecule has 0 bridgehead atoms. The van der Waals surface area contributed by atoms with E-state index in [-0.39, 0.29) is 15.9 Å². The Balaban J connectivity index is 1.67. The number of rotatable bonds is 5. The van der Waals surface area contributed by atoms with Crippen LogP contribution in [0.15, 0.2) is 42.5 Å². The first kappa shape index (κ1) is 19.1. The quantitative estimate of drug-likeness (QED) is 0.663. The molecule has 0 atom stereocenters. The predicted molar refractivity (Wildman–Crippen MR) is 102 cm³/mol. The Kier molecular flexibility index (Phi) is 5.93. The van der Waals surface area contributed by atoms with Crippen molar-refractivity contribution in [1.29, 1.82) is 0 Å². The molecule has 3 rings (SSSR count). The van der Waals surface area contributed by atoms with Gasteiger partial charge in [-0.3, -0.25) is 4.79 Å². The third-order valence-corrected chi connectivity index (χ3v) is 4.99. The summed E-state index contributed by atoms with van der Waals surface area (Å²) in [5.74, 6) is -2.27. The molecule has 0 fully saturated rings. The van der Waals surface area contributed by atoms with Crippen LogP contribution in [0.2, 0.25) is 0 Å². The number of benzene rings is 2. The van der Waals surface area contributed by atoms with Crippen LogP contribution in [0.5, 0.6) is 0 Å². The second-order valence-corrected chi connectivity index (χ2v) is 7.13. The van der Waals surface area contributed by atoms with E-state index in [1.807, 2.05) is 31.2 Å². The van der Waals surface area contributed by atoms with E-state index in [2.05, 4.69) is 15.5 Å². The molecule has 0 radical (unpaired) electrons. The van der Waals surface area contributed by atoms with E-state index in [4.69, 9.17) is 11.6 Å². The van der Waals surface area contributed by atoms with Gasteiger partial charge in [0.2, 0.25) is 5.01 Å². The second kappa shape index (κ2) is 8.37. The zero-order valence-electron chi connectivity index (χ0n) is 14.2. The van der Waals surface area contributed by atoms with Crippen LogP contribution in [0.1, 0.15) is 31.5 Å². The molecule has 2 aromatic carbocycles. The largest absolute Gasteiger partial charge is 0.346 e. The molecular weight excluding hydrogens is 392 g/mol. The number of aromatic nitrogens is 2. The van der Waals surface area contributed by atoms with Crippen LogP contribution < -0.4 is 5.32 Å². The van der Waals surface area contributed by atoms with Gasteiger partial charge in [0.1, 0.15) is 0 Å². The van der Waals surface area contributed by atoms with Gasteiger partial charge in [0.25, 0.3) is 5.91 Å². The van der Waals surface area contributed by atoms with Gasteiger partial charge in [0.05, 0.1) is 5.03 Å². The summed E-state index contributed by atoms with van der Waals surface area (Å²) in [7, 11) is 0. The second-order valence-electron chi connectivity index (χ2n) is 5.75. The van der Waals surface area contributed by atoms with E-state index in [0.717, 1.165) is 34.6 Å². The van der Waals surface area contributed by atoms with Crippen molar-refractivity contribution in [1.82, 2.24) is 15.5 Å². The molecule has 0 aliphatic carbocycles. The number of halogens is 3. The van der Waals surface area contributed by atoms with Gasteiger partial charge in [0.15, 0.2) is 16.6 Å². The van der Waals surface area contributed by atoms with Crippen molar-refractivity contribution >= 4 is 40.0 Å². The number of hydrogen-bond donors (Lipinski definition) is 1. The average molecular weight is 406 g/mol. The van der Waals surface area contributed by atoms with Crippen LogP contribution in [-0.2, 0) is 6.54 Å². The first-order chi connectivity index (χ1) is 12.9. The fourth-order valence-electron chi connectivity index (χ4n) is 2.19. The van der Waals surface area contributed by atoms with E-state index in [1.54, 1.807) is 0 Å². The van der Waals surface area contributed by atoms with Crippen LogP contribution in [-0.4, -0.2) is 16.1 Å². The molecule has 0 saturated carbocycles. The molecule has 1 aromatic heterocycles. The highest BCUT2D eigenvalue weighted by molar-refractivity contribution is 7.15. The highest BCUT2D eigenvalue weighted by Crippen LogP contribution is 2.25. The molecule has 138 valence electrons. The van der Waals surface area contributed by atoms with E-state index >= 15 is 0 Å². The van der Waals surface area contributed by atoms with Crippen molar-refractivity contribution in [3.05, 3.63) is 80.8 Å². The summed E-state index contributed by atoms with van der Waals surface area (Å²) in [5.41, 5.74) is 2.48. The Labute approximate surface area is 163 Å². The normalized spacial score (nSPS) is 11.5. The fraction of sp³-hybridized carbons (Fsp3) is 0.105. The average Bonchev–Trinajstić information content (AvgIpc) is 3.14. The van der Waals surface area contributed by atoms with Crippen molar-refractivity contribution in [3.8, 4) is 0 Å². The van der Waals surface area contributed by atoms with E-state index < -0.39 is 11.6 Å². The first-order valence-electron chi connectivity index (χ1n) is 7.92. The van der Waals surface area contributed by atoms with Crippen molar-refractivity contribution in [2.75, 3.05) is 0 Å². The zero-order valence-corrected chi connectivity index (χ0v) is 15.7. The molecule has 0 saturated heterocycles. The minimum absolute atomic E-state index is 0.161. The molecule has 1 amide bonds. The zero-order chi connectivity index (χ0) is 19.4. The summed E-state index contributed by atoms with van der Waals surface area (Å²) in [5, 5.41) is 11.1. The lowest BCUT2D eigenvalue weighted by Gasteiger charge is -2.03. The van der Waals surface area contributed by atoms with Gasteiger partial charge in [-0.2, -0.15) is 0 Å². The van der Waals surface area contributed by atoms with Gasteiger partial charge in [0, 0.05) is 6.54 Å². The predicted octanol–water partition coefficient (Wildman–Crippen LogP) is 4.79. The van der Waals surface area contributed by atoms with E-state index in [1.165, 1.54) is 12.1 Å². The molecule has 0 aliphatic heterocycles. The summed E-state index contributed by atoms with van der Waals surface area (Å²) in [6.45, 7) is 2.36. The minimum atomic E-state index is -0.971. The molecule has 1 N–H and O–H groups in total. The number of hydrogen-bond acceptors (Lipinski definition) is 4. The van der Waals surface area contributed by atoms with Crippen molar-refractivity contribution in [3.63, 3.8) is 0 Å². The Morgan fingerprint density at radius 1 is 1.11 bits per heavy atom. The van der Waals surface area contributed by atoms with E-state index in [9.17, 15) is 13.6 Å². The Bertz CT molecular complexity index is 1000. The van der Waals surface area contributed by atoms with Gasteiger partial charge >= 0.3 is 0 Å². The maximum atomic E-state index is 13.3. The smallest absolute Gasteiger partial charge is 0.282 e. The summed E-state index contributed by atoms with van der Waals surface area (Å²) < 4.78 is 26.2. The van der Waals surface area contributed by atoms with Crippen LogP contribution in [0.25, 0.3) is 11.1 Å². The molecule has 4 nitrogen and oxygen atoms in total. The number of nitrogens with one attached hydrogen (secondary N) is 1. The van der Waals surface area contributed by atoms with Crippen LogP contribution in [0.3, 0.4) is 0 Å². The molecule has 1 heterocycles. The summed E-state index contributed by atoms with van der Waals surface area (Å²) in [6, 6.07) is 11.2. The van der Waals surface area contributed by atoms with Crippen molar-refractivity contribution < 1.29 is 13.6 Å². The lowest BCUT2D eigenvalue weighted by molar-refractivity contribution is 0.0950. The highest BCUT2D eigenvalue weighted by Gasteiger charge is 2.14. The van der Waals surface area contributed by atoms with Gasteiger partial charge in [-0.15, -0.1) is 10.2 Å². The minimum Gasteiger partial charge on any atom is -0.346 e. The summed E-state index contributed by atoms with van der Waals surface area (Å²) in [4.78, 5) is 12.2. The van der Waals surface area contributed by atoms with Crippen LogP contribution >= 0.6 is 22.9 Å². The molecular formula is C19H14ClF2N3OS. The lowest BCUT2D eigenvalue weighted by Crippen LogP contribution is -2.22. The number of carbonyl (C=O) groups is 1. The number of amides is 1. The Morgan fingerprint density at radius 3 is 2.52 bits per heavy atom. The van der Waals surface area contributed by atoms with Crippen molar-refractivity contribution in [2.24, 2.45) is 0 Å². The number of aryl methyl sites for hydroxylation is 1. The fourth-order valence-corrected chi connectivity index (χ4v) is 3.13. The summed E-state index contributed by atoms with van der Waals surface area (Å²) >= 11 is 7.17. The molecule has 0 spiro atoms. The molecule has 27 heavy (non-hydrogen) atoms. The van der Waals surface area contributed by atoms with Crippen LogP contribution in [0.4, 0.5) is 8.78 Å². The number of carbonyl (C=O) groups excluding carboxylic acids is 1. The standard InChI is InChI=1S/C19H14ClF2N3OS/c1-11-2-4-12(5-3-11)10-23-17(26)19-25-24-18(27-19)14(20)8-13-6-7-15(21)16(22)9-13/h2-9H,10H2,1H3,(H,23,26)/b14-8-. The van der Waals surface area contributed by atoms with Gasteiger partial charge < -0.3 is 5.32 Å². The molecule has 0 unspecified atom stereocenters. The maximum absolute atomic E-state index is 13.3. The lowest BCUT2D eigenvalue weighted by atomic mass is 10.1. The maximum Gasteiger partial charge on any atom is 0.282 e. The van der Waals surface area contributed by atoms with Crippen molar-refractivity contribution in [2.45, 2.75) is 13.5 Å². The Morgan fingerprint density at radius 2 is 1.81 bits per heavy atom. The van der Waals surface area contributed by atoms with Gasteiger partial charge in [-0.1, -0.05) is 58.8 Å². The SMILES string of the molecule is Cc1ccc(CNC(=O)c2nnc(/C(Cl)=C/c3ccc(F)c(F)c3)s2)cc1. The van der Waals surface area contributed by atoms with E-state index in [0.29, 0.717) is 17.1 Å². The molecule has 8 heteroatoms.